The number of aromatic hydroxyl groups is 1. The third-order valence-corrected chi connectivity index (χ3v) is 5.74. The predicted octanol–water partition coefficient (Wildman–Crippen LogP) is 2.52. The van der Waals surface area contributed by atoms with Crippen LogP contribution in [-0.4, -0.2) is 25.5 Å². The minimum absolute atomic E-state index is 0.147. The smallest absolute Gasteiger partial charge is 0.280 e. The highest BCUT2D eigenvalue weighted by molar-refractivity contribution is 7.71. The summed E-state index contributed by atoms with van der Waals surface area (Å²) in [6.45, 7) is 2.01. The first kappa shape index (κ1) is 16.1. The molecule has 6 nitrogen and oxygen atoms in total. The number of fused-ring (bicyclic) bond motifs is 2. The molecular weight excluding hydrogens is 380 g/mol. The number of carbonyl (C=O) groups is 1. The molecule has 0 aliphatic carbocycles. The molecule has 0 fully saturated rings. The van der Waals surface area contributed by atoms with Gasteiger partial charge in [-0.25, -0.2) is 14.5 Å². The number of amides is 1. The van der Waals surface area contributed by atoms with Crippen LogP contribution in [0.25, 0.3) is 20.9 Å². The first-order chi connectivity index (χ1) is 13.0. The molecule has 1 amide bonds. The molecule has 132 valence electrons. The predicted molar refractivity (Wildman–Crippen MR) is 105 cm³/mol. The first-order valence-corrected chi connectivity index (χ1v) is 9.40. The molecule has 2 aromatic heterocycles. The van der Waals surface area contributed by atoms with Gasteiger partial charge in [-0.1, -0.05) is 35.6 Å². The lowest BCUT2D eigenvalue weighted by atomic mass is 10.1. The summed E-state index contributed by atoms with van der Waals surface area (Å²) < 4.78 is 2.72. The maximum Gasteiger partial charge on any atom is 0.280 e. The highest BCUT2D eigenvalue weighted by atomic mass is 32.1. The summed E-state index contributed by atoms with van der Waals surface area (Å²) >= 11 is 6.83. The van der Waals surface area contributed by atoms with Gasteiger partial charge in [-0.15, -0.1) is 0 Å². The number of benzene rings is 2. The van der Waals surface area contributed by atoms with Crippen molar-refractivity contribution in [1.82, 2.24) is 14.5 Å². The molecule has 1 aliphatic rings. The normalized spacial score (nSPS) is 13.2. The number of aromatic nitrogens is 3. The lowest BCUT2D eigenvalue weighted by Crippen LogP contribution is -2.22. The minimum atomic E-state index is -0.408. The Morgan fingerprint density at radius 2 is 2.04 bits per heavy atom. The van der Waals surface area contributed by atoms with E-state index in [1.165, 1.54) is 15.9 Å². The van der Waals surface area contributed by atoms with Gasteiger partial charge in [0.2, 0.25) is 5.88 Å². The maximum atomic E-state index is 12.4. The minimum Gasteiger partial charge on any atom is -0.493 e. The Morgan fingerprint density at radius 1 is 1.22 bits per heavy atom. The third-order valence-electron chi connectivity index (χ3n) is 4.45. The van der Waals surface area contributed by atoms with Crippen LogP contribution in [0.2, 0.25) is 0 Å². The van der Waals surface area contributed by atoms with Crippen LogP contribution in [0.5, 0.6) is 5.88 Å². The van der Waals surface area contributed by atoms with E-state index in [0.717, 1.165) is 15.8 Å². The van der Waals surface area contributed by atoms with E-state index in [1.807, 2.05) is 37.3 Å². The molecule has 0 radical (unpaired) electrons. The lowest BCUT2D eigenvalue weighted by molar-refractivity contribution is -0.112. The zero-order valence-corrected chi connectivity index (χ0v) is 15.7. The van der Waals surface area contributed by atoms with E-state index in [0.29, 0.717) is 21.3 Å². The Hall–Kier alpha value is -3.10. The van der Waals surface area contributed by atoms with Gasteiger partial charge in [0, 0.05) is 5.22 Å². The third kappa shape index (κ3) is 2.37. The molecule has 0 atom stereocenters. The van der Waals surface area contributed by atoms with E-state index in [4.69, 9.17) is 12.2 Å². The van der Waals surface area contributed by atoms with Crippen molar-refractivity contribution >= 4 is 45.3 Å². The van der Waals surface area contributed by atoms with Crippen LogP contribution in [0, 0.1) is 11.7 Å². The Kier molecular flexibility index (Phi) is 3.40. The fraction of sp³-hybridized carbons (Fsp3) is 0.0526. The van der Waals surface area contributed by atoms with Crippen molar-refractivity contribution in [3.8, 4) is 11.0 Å². The highest BCUT2D eigenvalue weighted by Crippen LogP contribution is 2.32. The van der Waals surface area contributed by atoms with Crippen LogP contribution in [0.15, 0.2) is 47.5 Å². The molecule has 0 bridgehead atoms. The quantitative estimate of drug-likeness (QED) is 0.514. The number of para-hydroxylation sites is 1. The monoisotopic (exact) mass is 392 g/mol. The van der Waals surface area contributed by atoms with Gasteiger partial charge in [-0.3, -0.25) is 4.79 Å². The largest absolute Gasteiger partial charge is 0.493 e. The van der Waals surface area contributed by atoms with Gasteiger partial charge in [-0.05, 0) is 42.9 Å². The molecule has 8 heteroatoms. The lowest BCUT2D eigenvalue weighted by Gasteiger charge is -2.00. The molecule has 27 heavy (non-hydrogen) atoms. The molecule has 0 saturated carbocycles. The van der Waals surface area contributed by atoms with E-state index in [9.17, 15) is 9.90 Å². The van der Waals surface area contributed by atoms with Crippen molar-refractivity contribution in [1.29, 1.82) is 0 Å². The Morgan fingerprint density at radius 3 is 2.89 bits per heavy atom. The van der Waals surface area contributed by atoms with Crippen molar-refractivity contribution in [3.05, 3.63) is 69.1 Å². The molecule has 0 unspecified atom stereocenters. The second kappa shape index (κ2) is 5.70. The number of thiazole rings is 1. The van der Waals surface area contributed by atoms with Crippen LogP contribution in [0.3, 0.4) is 0 Å². The number of H-pyrrole nitrogens is 1. The second-order valence-electron chi connectivity index (χ2n) is 6.24. The SMILES string of the molecule is Cc1ccc2nc(-n3c(O)c(C4=c5ccccc5=NC4=O)[nH]c3=S)sc2c1. The summed E-state index contributed by atoms with van der Waals surface area (Å²) in [5, 5.41) is 12.7. The van der Waals surface area contributed by atoms with Gasteiger partial charge in [0.1, 0.15) is 5.69 Å². The number of imidazole rings is 1. The Balaban J connectivity index is 1.76. The zero-order valence-electron chi connectivity index (χ0n) is 14.1. The summed E-state index contributed by atoms with van der Waals surface area (Å²) in [6.07, 6.45) is 0. The van der Waals surface area contributed by atoms with Crippen molar-refractivity contribution in [2.24, 2.45) is 4.99 Å². The number of nitrogens with one attached hydrogen (secondary N) is 1. The van der Waals surface area contributed by atoms with Crippen LogP contribution in [0.1, 0.15) is 11.3 Å². The molecule has 2 aromatic carbocycles. The summed E-state index contributed by atoms with van der Waals surface area (Å²) in [6, 6.07) is 13.2. The van der Waals surface area contributed by atoms with E-state index in [-0.39, 0.29) is 16.3 Å². The van der Waals surface area contributed by atoms with Crippen LogP contribution in [-0.2, 0) is 4.79 Å². The van der Waals surface area contributed by atoms with Crippen molar-refractivity contribution in [3.63, 3.8) is 0 Å². The highest BCUT2D eigenvalue weighted by Gasteiger charge is 2.26. The fourth-order valence-electron chi connectivity index (χ4n) is 3.20. The Labute approximate surface area is 161 Å². The molecule has 0 spiro atoms. The van der Waals surface area contributed by atoms with Crippen molar-refractivity contribution in [2.75, 3.05) is 0 Å². The molecule has 5 rings (SSSR count). The first-order valence-electron chi connectivity index (χ1n) is 8.17. The number of aryl methyl sites for hydroxylation is 1. The van der Waals surface area contributed by atoms with Crippen LogP contribution in [0.4, 0.5) is 0 Å². The number of nitrogens with zero attached hydrogens (tertiary/aromatic N) is 3. The van der Waals surface area contributed by atoms with Gasteiger partial charge in [-0.2, -0.15) is 0 Å². The van der Waals surface area contributed by atoms with Gasteiger partial charge in [0.05, 0.1) is 21.1 Å². The number of hydrogen-bond donors (Lipinski definition) is 2. The molecular formula is C19H12N4O2S2. The molecule has 3 heterocycles. The van der Waals surface area contributed by atoms with E-state index in [1.54, 1.807) is 12.1 Å². The number of hydrogen-bond acceptors (Lipinski definition) is 5. The fourth-order valence-corrected chi connectivity index (χ4v) is 4.60. The molecule has 0 saturated heterocycles. The number of aromatic amines is 1. The zero-order chi connectivity index (χ0) is 18.7. The standard InChI is InChI=1S/C19H12N4O2S2/c1-9-6-7-12-13(8-9)27-19(21-12)23-17(25)15(22-18(23)26)14-10-4-2-3-5-11(10)20-16(14)24/h2-8,25H,1H3,(H,22,26). The van der Waals surface area contributed by atoms with Crippen molar-refractivity contribution in [2.45, 2.75) is 6.92 Å². The van der Waals surface area contributed by atoms with E-state index >= 15 is 0 Å². The number of carbonyl (C=O) groups excluding carboxylic acids is 1. The van der Waals surface area contributed by atoms with Crippen molar-refractivity contribution < 1.29 is 9.90 Å². The van der Waals surface area contributed by atoms with Crippen LogP contribution < -0.4 is 10.6 Å². The molecule has 1 aliphatic heterocycles. The molecule has 2 N–H and O–H groups in total. The van der Waals surface area contributed by atoms with Gasteiger partial charge < -0.3 is 10.1 Å². The number of rotatable bonds is 2. The average molecular weight is 392 g/mol. The van der Waals surface area contributed by atoms with E-state index < -0.39 is 5.91 Å². The summed E-state index contributed by atoms with van der Waals surface area (Å²) in [7, 11) is 0. The maximum absolute atomic E-state index is 12.4. The average Bonchev–Trinajstić information content (AvgIpc) is 3.27. The summed E-state index contributed by atoms with van der Waals surface area (Å²) in [4.78, 5) is 24.0. The van der Waals surface area contributed by atoms with Crippen LogP contribution >= 0.6 is 23.6 Å². The topological polar surface area (TPSA) is 83.3 Å². The summed E-state index contributed by atoms with van der Waals surface area (Å²) in [5.74, 6) is -0.555. The Bertz CT molecular complexity index is 1440. The second-order valence-corrected chi connectivity index (χ2v) is 7.64. The van der Waals surface area contributed by atoms with Gasteiger partial charge >= 0.3 is 0 Å². The van der Waals surface area contributed by atoms with E-state index in [2.05, 4.69) is 15.0 Å². The van der Waals surface area contributed by atoms with Gasteiger partial charge in [0.25, 0.3) is 5.91 Å². The molecule has 4 aromatic rings. The van der Waals surface area contributed by atoms with Gasteiger partial charge in [0.15, 0.2) is 9.90 Å². The summed E-state index contributed by atoms with van der Waals surface area (Å²) in [5.41, 5.74) is 2.53.